The Labute approximate surface area is 139 Å². The maximum absolute atomic E-state index is 5.39. The molecule has 1 saturated carbocycles. The number of hydrogen-bond acceptors (Lipinski definition) is 3. The van der Waals surface area contributed by atoms with Gasteiger partial charge in [-0.15, -0.1) is 0 Å². The van der Waals surface area contributed by atoms with Crippen molar-refractivity contribution in [3.8, 4) is 0 Å². The maximum Gasteiger partial charge on any atom is 0.191 e. The van der Waals surface area contributed by atoms with Crippen LogP contribution in [0.15, 0.2) is 27.8 Å². The molecule has 2 N–H and O–H groups in total. The first-order valence-corrected chi connectivity index (χ1v) is 9.07. The van der Waals surface area contributed by atoms with Crippen LogP contribution in [0.5, 0.6) is 0 Å². The molecule has 5 nitrogen and oxygen atoms in total. The van der Waals surface area contributed by atoms with E-state index in [1.165, 1.54) is 25.8 Å². The first-order valence-electron chi connectivity index (χ1n) is 9.07. The van der Waals surface area contributed by atoms with Crippen LogP contribution < -0.4 is 10.6 Å². The van der Waals surface area contributed by atoms with Crippen molar-refractivity contribution in [3.05, 3.63) is 24.2 Å². The van der Waals surface area contributed by atoms with Crippen molar-refractivity contribution in [1.82, 2.24) is 15.5 Å². The number of nitrogens with one attached hydrogen (secondary N) is 2. The molecular formula is C18H30N4O. The second kappa shape index (κ2) is 7.86. The summed E-state index contributed by atoms with van der Waals surface area (Å²) in [6, 6.07) is 5.16. The number of nitrogens with zero attached hydrogens (tertiary/aromatic N) is 2. The van der Waals surface area contributed by atoms with E-state index in [0.717, 1.165) is 43.7 Å². The molecule has 1 aromatic heterocycles. The van der Waals surface area contributed by atoms with Crippen LogP contribution in [-0.2, 0) is 6.42 Å². The molecule has 0 amide bonds. The van der Waals surface area contributed by atoms with Gasteiger partial charge in [-0.1, -0.05) is 13.8 Å². The normalized spacial score (nSPS) is 28.1. The molecule has 3 rings (SSSR count). The standard InChI is InChI=1S/C18H30N4O/c1-3-22-10-4-6-15(22)13-20-18(21-17-12-14(17)2)19-9-8-16-7-5-11-23-16/h5,7,11,14-15,17H,3-4,6,8-10,12-13H2,1-2H3,(H2,19,20,21). The number of rotatable bonds is 7. The van der Waals surface area contributed by atoms with Gasteiger partial charge in [-0.2, -0.15) is 0 Å². The molecule has 5 heteroatoms. The van der Waals surface area contributed by atoms with Crippen molar-refractivity contribution >= 4 is 5.96 Å². The molecule has 1 aliphatic carbocycles. The molecule has 2 aliphatic rings. The molecule has 0 spiro atoms. The summed E-state index contributed by atoms with van der Waals surface area (Å²) in [7, 11) is 0. The van der Waals surface area contributed by atoms with Crippen molar-refractivity contribution in [3.63, 3.8) is 0 Å². The fourth-order valence-corrected chi connectivity index (χ4v) is 3.33. The van der Waals surface area contributed by atoms with Crippen LogP contribution in [0.1, 0.15) is 38.9 Å². The minimum absolute atomic E-state index is 0.593. The quantitative estimate of drug-likeness (QED) is 0.598. The van der Waals surface area contributed by atoms with Crippen molar-refractivity contribution in [2.75, 3.05) is 26.2 Å². The highest BCUT2D eigenvalue weighted by molar-refractivity contribution is 5.80. The van der Waals surface area contributed by atoms with Gasteiger partial charge >= 0.3 is 0 Å². The summed E-state index contributed by atoms with van der Waals surface area (Å²) >= 11 is 0. The Kier molecular flexibility index (Phi) is 5.60. The molecule has 0 bridgehead atoms. The lowest BCUT2D eigenvalue weighted by molar-refractivity contribution is 0.273. The lowest BCUT2D eigenvalue weighted by Gasteiger charge is -2.21. The van der Waals surface area contributed by atoms with Crippen LogP contribution in [0.2, 0.25) is 0 Å². The molecule has 1 saturated heterocycles. The van der Waals surface area contributed by atoms with Gasteiger partial charge in [0.1, 0.15) is 5.76 Å². The Hall–Kier alpha value is -1.49. The zero-order valence-electron chi connectivity index (χ0n) is 14.4. The summed E-state index contributed by atoms with van der Waals surface area (Å²) in [5, 5.41) is 7.03. The Morgan fingerprint density at radius 2 is 2.35 bits per heavy atom. The fraction of sp³-hybridized carbons (Fsp3) is 0.722. The third kappa shape index (κ3) is 4.74. The molecule has 2 heterocycles. The largest absolute Gasteiger partial charge is 0.469 e. The van der Waals surface area contributed by atoms with Crippen LogP contribution in [0.3, 0.4) is 0 Å². The minimum atomic E-state index is 0.593. The smallest absolute Gasteiger partial charge is 0.191 e. The van der Waals surface area contributed by atoms with Gasteiger partial charge in [0.2, 0.25) is 0 Å². The maximum atomic E-state index is 5.39. The van der Waals surface area contributed by atoms with E-state index in [0.29, 0.717) is 12.1 Å². The summed E-state index contributed by atoms with van der Waals surface area (Å²) in [5.74, 6) is 2.75. The molecule has 1 aromatic rings. The second-order valence-corrected chi connectivity index (χ2v) is 6.83. The first kappa shape index (κ1) is 16.4. The van der Waals surface area contributed by atoms with Gasteiger partial charge < -0.3 is 15.1 Å². The average molecular weight is 318 g/mol. The lowest BCUT2D eigenvalue weighted by Crippen LogP contribution is -2.41. The van der Waals surface area contributed by atoms with Crippen LogP contribution >= 0.6 is 0 Å². The SMILES string of the molecule is CCN1CCCC1CN=C(NCCc1ccco1)NC1CC1C. The third-order valence-electron chi connectivity index (χ3n) is 5.04. The molecular weight excluding hydrogens is 288 g/mol. The van der Waals surface area contributed by atoms with E-state index >= 15 is 0 Å². The molecule has 1 aliphatic heterocycles. The predicted octanol–water partition coefficient (Wildman–Crippen LogP) is 2.25. The van der Waals surface area contributed by atoms with E-state index in [-0.39, 0.29) is 0 Å². The predicted molar refractivity (Wildman–Crippen MR) is 93.7 cm³/mol. The van der Waals surface area contributed by atoms with Gasteiger partial charge in [0.15, 0.2) is 5.96 Å². The van der Waals surface area contributed by atoms with Gasteiger partial charge in [-0.3, -0.25) is 9.89 Å². The Bertz CT molecular complexity index is 499. The molecule has 128 valence electrons. The van der Waals surface area contributed by atoms with E-state index in [4.69, 9.17) is 9.41 Å². The summed E-state index contributed by atoms with van der Waals surface area (Å²) in [6.07, 6.45) is 6.45. The fourth-order valence-electron chi connectivity index (χ4n) is 3.33. The second-order valence-electron chi connectivity index (χ2n) is 6.83. The van der Waals surface area contributed by atoms with E-state index in [1.54, 1.807) is 6.26 Å². The van der Waals surface area contributed by atoms with Gasteiger partial charge in [0.05, 0.1) is 12.8 Å². The Balaban J connectivity index is 1.50. The molecule has 0 aromatic carbocycles. The highest BCUT2D eigenvalue weighted by atomic mass is 16.3. The van der Waals surface area contributed by atoms with Crippen LogP contribution in [0, 0.1) is 5.92 Å². The van der Waals surface area contributed by atoms with E-state index in [9.17, 15) is 0 Å². The molecule has 3 unspecified atom stereocenters. The van der Waals surface area contributed by atoms with Gasteiger partial charge in [-0.25, -0.2) is 0 Å². The highest BCUT2D eigenvalue weighted by Crippen LogP contribution is 2.28. The summed E-state index contributed by atoms with van der Waals surface area (Å²) in [6.45, 7) is 8.63. The van der Waals surface area contributed by atoms with E-state index < -0.39 is 0 Å². The van der Waals surface area contributed by atoms with Crippen LogP contribution in [0.4, 0.5) is 0 Å². The summed E-state index contributed by atoms with van der Waals surface area (Å²) in [4.78, 5) is 7.40. The average Bonchev–Trinajstić information content (AvgIpc) is 3.01. The van der Waals surface area contributed by atoms with Crippen molar-refractivity contribution in [1.29, 1.82) is 0 Å². The summed E-state index contributed by atoms with van der Waals surface area (Å²) in [5.41, 5.74) is 0. The summed E-state index contributed by atoms with van der Waals surface area (Å²) < 4.78 is 5.39. The number of furan rings is 1. The van der Waals surface area contributed by atoms with Crippen LogP contribution in [-0.4, -0.2) is 49.1 Å². The molecule has 2 fully saturated rings. The van der Waals surface area contributed by atoms with Crippen molar-refractivity contribution in [2.45, 2.75) is 51.6 Å². The number of hydrogen-bond donors (Lipinski definition) is 2. The minimum Gasteiger partial charge on any atom is -0.469 e. The van der Waals surface area contributed by atoms with Crippen molar-refractivity contribution < 1.29 is 4.42 Å². The molecule has 0 radical (unpaired) electrons. The van der Waals surface area contributed by atoms with E-state index in [1.807, 2.05) is 12.1 Å². The molecule has 3 atom stereocenters. The topological polar surface area (TPSA) is 52.8 Å². The monoisotopic (exact) mass is 318 g/mol. The van der Waals surface area contributed by atoms with E-state index in [2.05, 4.69) is 29.4 Å². The van der Waals surface area contributed by atoms with Gasteiger partial charge in [0.25, 0.3) is 0 Å². The number of likely N-dealkylation sites (tertiary alicyclic amines) is 1. The lowest BCUT2D eigenvalue weighted by atomic mass is 10.2. The number of likely N-dealkylation sites (N-methyl/N-ethyl adjacent to an activating group) is 1. The number of guanidine groups is 1. The zero-order valence-corrected chi connectivity index (χ0v) is 14.4. The Morgan fingerprint density at radius 3 is 3.04 bits per heavy atom. The van der Waals surface area contributed by atoms with Gasteiger partial charge in [0, 0.05) is 25.0 Å². The third-order valence-corrected chi connectivity index (χ3v) is 5.04. The zero-order chi connectivity index (χ0) is 16.1. The first-order chi connectivity index (χ1) is 11.3. The van der Waals surface area contributed by atoms with Crippen molar-refractivity contribution in [2.24, 2.45) is 10.9 Å². The Morgan fingerprint density at radius 1 is 1.48 bits per heavy atom. The van der Waals surface area contributed by atoms with Gasteiger partial charge in [-0.05, 0) is 50.4 Å². The van der Waals surface area contributed by atoms with Crippen LogP contribution in [0.25, 0.3) is 0 Å². The molecule has 23 heavy (non-hydrogen) atoms. The highest BCUT2D eigenvalue weighted by Gasteiger charge is 2.33. The number of aliphatic imine (C=N–C) groups is 1.